The number of fused-ring (bicyclic) bond motifs is 1. The fourth-order valence-corrected chi connectivity index (χ4v) is 4.70. The number of H-pyrrole nitrogens is 1. The van der Waals surface area contributed by atoms with Crippen LogP contribution in [0.4, 0.5) is 0 Å². The Labute approximate surface area is 213 Å². The number of rotatable bonds is 7. The number of hydrazone groups is 1. The molecule has 5 rings (SSSR count). The third-order valence-electron chi connectivity index (χ3n) is 6.63. The van der Waals surface area contributed by atoms with Crippen molar-refractivity contribution in [2.75, 3.05) is 7.11 Å². The van der Waals surface area contributed by atoms with Crippen molar-refractivity contribution in [1.29, 1.82) is 0 Å². The fraction of sp³-hybridized carbons (Fsp3) is 0.179. The van der Waals surface area contributed by atoms with E-state index in [0.717, 1.165) is 27.8 Å². The number of phenols is 1. The molecule has 9 heteroatoms. The van der Waals surface area contributed by atoms with E-state index < -0.39 is 17.7 Å². The molecule has 37 heavy (non-hydrogen) atoms. The Bertz CT molecular complexity index is 1490. The Morgan fingerprint density at radius 3 is 2.59 bits per heavy atom. The lowest BCUT2D eigenvalue weighted by Crippen LogP contribution is -2.56. The molecule has 0 spiro atoms. The Morgan fingerprint density at radius 2 is 1.86 bits per heavy atom. The highest BCUT2D eigenvalue weighted by Crippen LogP contribution is 2.38. The van der Waals surface area contributed by atoms with Gasteiger partial charge < -0.3 is 19.9 Å². The molecule has 0 radical (unpaired) electrons. The zero-order chi connectivity index (χ0) is 26.0. The summed E-state index contributed by atoms with van der Waals surface area (Å²) in [6.07, 6.45) is 3.63. The van der Waals surface area contributed by atoms with E-state index in [-0.39, 0.29) is 18.1 Å². The summed E-state index contributed by atoms with van der Waals surface area (Å²) in [7, 11) is 1.60. The first-order chi connectivity index (χ1) is 17.9. The van der Waals surface area contributed by atoms with Gasteiger partial charge in [-0.1, -0.05) is 36.4 Å². The van der Waals surface area contributed by atoms with Gasteiger partial charge in [0.2, 0.25) is 5.96 Å². The van der Waals surface area contributed by atoms with Crippen molar-refractivity contribution >= 4 is 29.0 Å². The van der Waals surface area contributed by atoms with Gasteiger partial charge in [-0.15, -0.1) is 5.10 Å². The maximum atomic E-state index is 12.8. The normalized spacial score (nSPS) is 18.1. The number of nitrogens with one attached hydrogen (secondary N) is 2. The lowest BCUT2D eigenvalue weighted by Gasteiger charge is -2.39. The number of aromatic amines is 1. The van der Waals surface area contributed by atoms with Gasteiger partial charge in [-0.3, -0.25) is 10.3 Å². The van der Waals surface area contributed by atoms with Crippen LogP contribution in [-0.2, 0) is 16.9 Å². The molecule has 0 aliphatic carbocycles. The molecule has 9 nitrogen and oxygen atoms in total. The van der Waals surface area contributed by atoms with Gasteiger partial charge in [0.05, 0.1) is 7.11 Å². The monoisotopic (exact) mass is 497 g/mol. The first-order valence-corrected chi connectivity index (χ1v) is 11.8. The first kappa shape index (κ1) is 23.9. The molecule has 0 fully saturated rings. The van der Waals surface area contributed by atoms with Gasteiger partial charge >= 0.3 is 5.97 Å². The molecule has 1 aliphatic rings. The maximum absolute atomic E-state index is 12.8. The van der Waals surface area contributed by atoms with Gasteiger partial charge in [0.15, 0.2) is 5.66 Å². The highest BCUT2D eigenvalue weighted by molar-refractivity contribution is 5.97. The van der Waals surface area contributed by atoms with Crippen molar-refractivity contribution in [3.05, 3.63) is 95.7 Å². The number of methoxy groups -OCH3 is 1. The quantitative estimate of drug-likeness (QED) is 0.286. The second-order valence-corrected chi connectivity index (χ2v) is 8.93. The van der Waals surface area contributed by atoms with Crippen molar-refractivity contribution in [2.45, 2.75) is 25.0 Å². The molecule has 3 aromatic carbocycles. The number of carboxylic acid groups (broad SMARTS) is 1. The number of aliphatic carboxylic acids is 1. The van der Waals surface area contributed by atoms with E-state index in [1.165, 1.54) is 0 Å². The summed E-state index contributed by atoms with van der Waals surface area (Å²) < 4.78 is 5.21. The largest absolute Gasteiger partial charge is 0.508 e. The minimum Gasteiger partial charge on any atom is -0.508 e. The molecule has 2 unspecified atom stereocenters. The molecule has 2 atom stereocenters. The molecule has 0 amide bonds. The number of hydrogen-bond donors (Lipinski definition) is 4. The molecule has 188 valence electrons. The van der Waals surface area contributed by atoms with Crippen LogP contribution in [0.25, 0.3) is 10.9 Å². The first-order valence-electron chi connectivity index (χ1n) is 11.8. The number of carboxylic acids is 1. The molecule has 4 aromatic rings. The number of ether oxygens (including phenoxy) is 1. The molecular weight excluding hydrogens is 470 g/mol. The highest BCUT2D eigenvalue weighted by atomic mass is 16.5. The van der Waals surface area contributed by atoms with Crippen molar-refractivity contribution < 1.29 is 19.7 Å². The molecule has 1 aliphatic heterocycles. The number of phenolic OH excluding ortho intramolecular Hbond substituents is 1. The number of para-hydroxylation sites is 2. The van der Waals surface area contributed by atoms with Crippen LogP contribution in [-0.4, -0.2) is 51.4 Å². The molecule has 0 saturated heterocycles. The van der Waals surface area contributed by atoms with Crippen LogP contribution in [0.5, 0.6) is 11.5 Å². The zero-order valence-electron chi connectivity index (χ0n) is 20.4. The minimum atomic E-state index is -1.17. The smallest absolute Gasteiger partial charge is 0.326 e. The number of benzene rings is 3. The summed E-state index contributed by atoms with van der Waals surface area (Å²) in [5, 5.41) is 26.5. The minimum absolute atomic E-state index is 0.0225. The van der Waals surface area contributed by atoms with Crippen LogP contribution in [0.2, 0.25) is 0 Å². The number of carbonyl (C=O) groups is 1. The summed E-state index contributed by atoms with van der Waals surface area (Å²) in [4.78, 5) is 22.2. The van der Waals surface area contributed by atoms with Gasteiger partial charge in [0.1, 0.15) is 17.5 Å². The standard InChI is InChI=1S/C28H27N5O4/c1-28(22-8-4-6-10-25(22)34)32-31-27(30-16-18-11-13-20(37-2)14-12-18)33(28)24(26(35)36)15-19-17-29-23-9-5-3-7-21(19)23/h3-14,16-17,24,29,32,34H,15H2,1-2H3,(H,35,36)/b30-16+. The van der Waals surface area contributed by atoms with E-state index in [4.69, 9.17) is 4.74 Å². The Kier molecular flexibility index (Phi) is 6.27. The Morgan fingerprint density at radius 1 is 1.14 bits per heavy atom. The van der Waals surface area contributed by atoms with E-state index in [9.17, 15) is 15.0 Å². The van der Waals surface area contributed by atoms with Crippen LogP contribution in [0.1, 0.15) is 23.6 Å². The van der Waals surface area contributed by atoms with Gasteiger partial charge in [-0.2, -0.15) is 0 Å². The average Bonchev–Trinajstić information content (AvgIpc) is 3.47. The lowest BCUT2D eigenvalue weighted by molar-refractivity contribution is -0.143. The van der Waals surface area contributed by atoms with Gasteiger partial charge in [0.25, 0.3) is 0 Å². The molecule has 0 saturated carbocycles. The average molecular weight is 498 g/mol. The highest BCUT2D eigenvalue weighted by Gasteiger charge is 2.48. The van der Waals surface area contributed by atoms with E-state index in [0.29, 0.717) is 5.56 Å². The molecule has 1 aromatic heterocycles. The van der Waals surface area contributed by atoms with Gasteiger partial charge in [0, 0.05) is 35.3 Å². The predicted molar refractivity (Wildman–Crippen MR) is 142 cm³/mol. The summed E-state index contributed by atoms with van der Waals surface area (Å²) in [6.45, 7) is 1.78. The van der Waals surface area contributed by atoms with Crippen molar-refractivity contribution in [1.82, 2.24) is 15.3 Å². The van der Waals surface area contributed by atoms with Crippen molar-refractivity contribution in [3.8, 4) is 11.5 Å². The predicted octanol–water partition coefficient (Wildman–Crippen LogP) is 4.05. The zero-order valence-corrected chi connectivity index (χ0v) is 20.4. The second kappa shape index (κ2) is 9.69. The number of aromatic hydroxyl groups is 1. The van der Waals surface area contributed by atoms with Crippen LogP contribution < -0.4 is 10.2 Å². The summed E-state index contributed by atoms with van der Waals surface area (Å²) >= 11 is 0. The van der Waals surface area contributed by atoms with Gasteiger partial charge in [-0.05, 0) is 54.4 Å². The third-order valence-corrected chi connectivity index (χ3v) is 6.63. The summed E-state index contributed by atoms with van der Waals surface area (Å²) in [6, 6.07) is 20.8. The third kappa shape index (κ3) is 4.47. The summed E-state index contributed by atoms with van der Waals surface area (Å²) in [5.41, 5.74) is 4.93. The van der Waals surface area contributed by atoms with Crippen LogP contribution in [0, 0.1) is 0 Å². The topological polar surface area (TPSA) is 123 Å². The van der Waals surface area contributed by atoms with Crippen LogP contribution >= 0.6 is 0 Å². The van der Waals surface area contributed by atoms with E-state index in [1.54, 1.807) is 49.4 Å². The SMILES string of the molecule is COc1ccc(/C=N/C2=NNC(C)(c3ccccc3O)N2C(Cc2c[nH]c3ccccc23)C(=O)O)cc1. The number of aromatic nitrogens is 1. The van der Waals surface area contributed by atoms with Gasteiger partial charge in [-0.25, -0.2) is 9.79 Å². The molecule has 4 N–H and O–H groups in total. The maximum Gasteiger partial charge on any atom is 0.326 e. The fourth-order valence-electron chi connectivity index (χ4n) is 4.70. The van der Waals surface area contributed by atoms with Crippen molar-refractivity contribution in [3.63, 3.8) is 0 Å². The second-order valence-electron chi connectivity index (χ2n) is 8.93. The lowest BCUT2D eigenvalue weighted by atomic mass is 9.95. The number of hydrogen-bond acceptors (Lipinski definition) is 7. The van der Waals surface area contributed by atoms with E-state index in [1.807, 2.05) is 54.7 Å². The van der Waals surface area contributed by atoms with Crippen LogP contribution in [0.15, 0.2) is 89.1 Å². The van der Waals surface area contributed by atoms with Crippen LogP contribution in [0.3, 0.4) is 0 Å². The number of aliphatic imine (C=N–C) groups is 1. The van der Waals surface area contributed by atoms with Crippen molar-refractivity contribution in [2.24, 2.45) is 10.1 Å². The number of guanidine groups is 1. The van der Waals surface area contributed by atoms with E-state index in [2.05, 4.69) is 20.5 Å². The molecule has 0 bridgehead atoms. The number of nitrogens with zero attached hydrogens (tertiary/aromatic N) is 3. The summed E-state index contributed by atoms with van der Waals surface area (Å²) in [5.74, 6) is -0.110. The van der Waals surface area contributed by atoms with E-state index >= 15 is 0 Å². The molecular formula is C28H27N5O4. The Hall–Kier alpha value is -4.79. The molecule has 2 heterocycles. The Balaban J connectivity index is 1.56.